The van der Waals surface area contributed by atoms with Gasteiger partial charge in [0.15, 0.2) is 0 Å². The summed E-state index contributed by atoms with van der Waals surface area (Å²) in [4.78, 5) is 5.44. The van der Waals surface area contributed by atoms with Gasteiger partial charge in [0, 0.05) is 18.6 Å². The predicted octanol–water partition coefficient (Wildman–Crippen LogP) is 2.70. The Labute approximate surface area is 125 Å². The Kier molecular flexibility index (Phi) is 6.79. The topological polar surface area (TPSA) is 32.5 Å². The van der Waals surface area contributed by atoms with Crippen molar-refractivity contribution in [3.63, 3.8) is 0 Å². The first-order chi connectivity index (χ1) is 9.76. The van der Waals surface area contributed by atoms with Crippen molar-refractivity contribution >= 4 is 0 Å². The number of rotatable bonds is 6. The van der Waals surface area contributed by atoms with Gasteiger partial charge in [-0.15, -0.1) is 0 Å². The molecule has 0 aromatic carbocycles. The van der Waals surface area contributed by atoms with Crippen LogP contribution in [0.5, 0.6) is 0 Å². The molecule has 2 atom stereocenters. The summed E-state index contributed by atoms with van der Waals surface area (Å²) in [6.07, 6.45) is 9.58. The van der Waals surface area contributed by atoms with Gasteiger partial charge in [-0.25, -0.2) is 0 Å². The van der Waals surface area contributed by atoms with Crippen LogP contribution in [-0.4, -0.2) is 54.6 Å². The highest BCUT2D eigenvalue weighted by Crippen LogP contribution is 2.24. The quantitative estimate of drug-likeness (QED) is 0.812. The molecule has 0 aromatic heterocycles. The van der Waals surface area contributed by atoms with Gasteiger partial charge >= 0.3 is 0 Å². The molecule has 118 valence electrons. The van der Waals surface area contributed by atoms with Crippen LogP contribution in [0.2, 0.25) is 0 Å². The van der Waals surface area contributed by atoms with E-state index >= 15 is 0 Å². The van der Waals surface area contributed by atoms with Crippen molar-refractivity contribution < 1.29 is 0 Å². The maximum atomic E-state index is 6.06. The van der Waals surface area contributed by atoms with Gasteiger partial charge in [-0.2, -0.15) is 0 Å². The molecule has 0 spiro atoms. The molecule has 2 aliphatic heterocycles. The van der Waals surface area contributed by atoms with E-state index in [2.05, 4.69) is 23.6 Å². The van der Waals surface area contributed by atoms with E-state index in [9.17, 15) is 0 Å². The molecule has 2 fully saturated rings. The second-order valence-corrected chi connectivity index (χ2v) is 6.93. The maximum Gasteiger partial charge on any atom is 0.0244 e. The zero-order chi connectivity index (χ0) is 14.4. The van der Waals surface area contributed by atoms with Crippen molar-refractivity contribution in [3.05, 3.63) is 0 Å². The summed E-state index contributed by atoms with van der Waals surface area (Å²) >= 11 is 0. The fourth-order valence-electron chi connectivity index (χ4n) is 4.26. The van der Waals surface area contributed by atoms with Crippen molar-refractivity contribution in [2.24, 2.45) is 11.7 Å². The molecular formula is C17H35N3. The molecule has 0 amide bonds. The molecule has 0 bridgehead atoms. The lowest BCUT2D eigenvalue weighted by atomic mass is 9.92. The SMILES string of the molecule is CCCC(C)C(CN)N1CCC(N2CCCCC2)CC1. The van der Waals surface area contributed by atoms with Crippen LogP contribution >= 0.6 is 0 Å². The molecule has 3 nitrogen and oxygen atoms in total. The molecular weight excluding hydrogens is 246 g/mol. The van der Waals surface area contributed by atoms with Crippen LogP contribution in [0.25, 0.3) is 0 Å². The number of piperidine rings is 2. The fourth-order valence-corrected chi connectivity index (χ4v) is 4.26. The zero-order valence-corrected chi connectivity index (χ0v) is 13.7. The van der Waals surface area contributed by atoms with Gasteiger partial charge in [-0.05, 0) is 64.2 Å². The normalized spacial score (nSPS) is 26.6. The second-order valence-electron chi connectivity index (χ2n) is 6.93. The third-order valence-corrected chi connectivity index (χ3v) is 5.52. The van der Waals surface area contributed by atoms with Gasteiger partial charge in [0.1, 0.15) is 0 Å². The average Bonchev–Trinajstić information content (AvgIpc) is 2.50. The summed E-state index contributed by atoms with van der Waals surface area (Å²) in [5, 5.41) is 0. The lowest BCUT2D eigenvalue weighted by Gasteiger charge is -2.44. The van der Waals surface area contributed by atoms with E-state index in [0.29, 0.717) is 6.04 Å². The average molecular weight is 281 g/mol. The number of nitrogens with two attached hydrogens (primary N) is 1. The number of hydrogen-bond acceptors (Lipinski definition) is 3. The van der Waals surface area contributed by atoms with Crippen LogP contribution in [-0.2, 0) is 0 Å². The second kappa shape index (κ2) is 8.35. The van der Waals surface area contributed by atoms with Crippen molar-refractivity contribution in [3.8, 4) is 0 Å². The van der Waals surface area contributed by atoms with Crippen LogP contribution in [0.3, 0.4) is 0 Å². The van der Waals surface area contributed by atoms with E-state index in [4.69, 9.17) is 5.73 Å². The van der Waals surface area contributed by atoms with Gasteiger partial charge < -0.3 is 10.6 Å². The van der Waals surface area contributed by atoms with Gasteiger partial charge in [-0.1, -0.05) is 26.7 Å². The monoisotopic (exact) mass is 281 g/mol. The first-order valence-electron chi connectivity index (χ1n) is 8.94. The van der Waals surface area contributed by atoms with Crippen molar-refractivity contribution in [2.45, 2.75) is 70.9 Å². The Morgan fingerprint density at radius 1 is 1.05 bits per heavy atom. The number of likely N-dealkylation sites (tertiary alicyclic amines) is 2. The molecule has 2 unspecified atom stereocenters. The molecule has 3 heteroatoms. The molecule has 0 aliphatic carbocycles. The smallest absolute Gasteiger partial charge is 0.0244 e. The van der Waals surface area contributed by atoms with Crippen LogP contribution in [0.1, 0.15) is 58.8 Å². The standard InChI is InChI=1S/C17H35N3/c1-3-7-15(2)17(14-18)20-12-8-16(9-13-20)19-10-5-4-6-11-19/h15-17H,3-14,18H2,1-2H3. The van der Waals surface area contributed by atoms with Gasteiger partial charge in [-0.3, -0.25) is 4.90 Å². The van der Waals surface area contributed by atoms with E-state index in [1.54, 1.807) is 0 Å². The zero-order valence-electron chi connectivity index (χ0n) is 13.7. The molecule has 0 aromatic rings. The Bertz CT molecular complexity index is 255. The Hall–Kier alpha value is -0.120. The van der Waals surface area contributed by atoms with Crippen LogP contribution in [0, 0.1) is 5.92 Å². The summed E-state index contributed by atoms with van der Waals surface area (Å²) in [6.45, 7) is 10.7. The van der Waals surface area contributed by atoms with E-state index in [0.717, 1.165) is 18.5 Å². The van der Waals surface area contributed by atoms with Gasteiger partial charge in [0.05, 0.1) is 0 Å². The lowest BCUT2D eigenvalue weighted by molar-refractivity contribution is 0.0581. The van der Waals surface area contributed by atoms with Crippen molar-refractivity contribution in [2.75, 3.05) is 32.7 Å². The Morgan fingerprint density at radius 3 is 2.25 bits per heavy atom. The fraction of sp³-hybridized carbons (Fsp3) is 1.00. The van der Waals surface area contributed by atoms with E-state index < -0.39 is 0 Å². The third kappa shape index (κ3) is 4.19. The number of nitrogens with zero attached hydrogens (tertiary/aromatic N) is 2. The Balaban J connectivity index is 1.79. The lowest BCUT2D eigenvalue weighted by Crippen LogP contribution is -2.52. The molecule has 2 N–H and O–H groups in total. The molecule has 0 saturated carbocycles. The molecule has 2 saturated heterocycles. The molecule has 20 heavy (non-hydrogen) atoms. The summed E-state index contributed by atoms with van der Waals surface area (Å²) in [6, 6.07) is 1.46. The summed E-state index contributed by atoms with van der Waals surface area (Å²) in [5.74, 6) is 0.747. The molecule has 2 aliphatic rings. The predicted molar refractivity (Wildman–Crippen MR) is 86.9 cm³/mol. The Morgan fingerprint density at radius 2 is 1.70 bits per heavy atom. The first-order valence-corrected chi connectivity index (χ1v) is 8.94. The summed E-state index contributed by atoms with van der Waals surface area (Å²) < 4.78 is 0. The van der Waals surface area contributed by atoms with E-state index in [-0.39, 0.29) is 0 Å². The number of hydrogen-bond donors (Lipinski definition) is 1. The van der Waals surface area contributed by atoms with E-state index in [1.807, 2.05) is 0 Å². The summed E-state index contributed by atoms with van der Waals surface area (Å²) in [7, 11) is 0. The third-order valence-electron chi connectivity index (χ3n) is 5.52. The first kappa shape index (κ1) is 16.3. The van der Waals surface area contributed by atoms with Gasteiger partial charge in [0.2, 0.25) is 0 Å². The molecule has 2 heterocycles. The highest BCUT2D eigenvalue weighted by Gasteiger charge is 2.30. The van der Waals surface area contributed by atoms with Crippen molar-refractivity contribution in [1.29, 1.82) is 0 Å². The van der Waals surface area contributed by atoms with Gasteiger partial charge in [0.25, 0.3) is 0 Å². The summed E-state index contributed by atoms with van der Waals surface area (Å²) in [5.41, 5.74) is 6.06. The van der Waals surface area contributed by atoms with Crippen LogP contribution in [0.4, 0.5) is 0 Å². The van der Waals surface area contributed by atoms with Crippen LogP contribution < -0.4 is 5.73 Å². The molecule has 0 radical (unpaired) electrons. The minimum Gasteiger partial charge on any atom is -0.329 e. The maximum absolute atomic E-state index is 6.06. The highest BCUT2D eigenvalue weighted by atomic mass is 15.2. The van der Waals surface area contributed by atoms with Crippen molar-refractivity contribution in [1.82, 2.24) is 9.80 Å². The highest BCUT2D eigenvalue weighted by molar-refractivity contribution is 4.86. The molecule has 2 rings (SSSR count). The van der Waals surface area contributed by atoms with Crippen LogP contribution in [0.15, 0.2) is 0 Å². The largest absolute Gasteiger partial charge is 0.329 e. The minimum atomic E-state index is 0.609. The van der Waals surface area contributed by atoms with E-state index in [1.165, 1.54) is 71.1 Å². The minimum absolute atomic E-state index is 0.609.